The Kier molecular flexibility index (Phi) is 3.89. The van der Waals surface area contributed by atoms with E-state index in [1.807, 2.05) is 26.0 Å². The van der Waals surface area contributed by atoms with E-state index in [4.69, 9.17) is 9.84 Å². The molecule has 0 spiro atoms. The first-order chi connectivity index (χ1) is 8.70. The fourth-order valence-electron chi connectivity index (χ4n) is 1.90. The molecule has 0 unspecified atom stereocenters. The first-order valence-electron chi connectivity index (χ1n) is 5.80. The molecule has 0 amide bonds. The van der Waals surface area contributed by atoms with Crippen molar-refractivity contribution in [2.24, 2.45) is 0 Å². The van der Waals surface area contributed by atoms with Gasteiger partial charge in [-0.15, -0.1) is 0 Å². The maximum absolute atomic E-state index is 9.12. The maximum Gasteiger partial charge on any atom is 0.166 e. The summed E-state index contributed by atoms with van der Waals surface area (Å²) in [5.74, 6) is 1.49. The number of benzene rings is 1. The molecule has 18 heavy (non-hydrogen) atoms. The summed E-state index contributed by atoms with van der Waals surface area (Å²) in [7, 11) is 0. The van der Waals surface area contributed by atoms with Gasteiger partial charge in [0.15, 0.2) is 5.82 Å². The van der Waals surface area contributed by atoms with Crippen LogP contribution in [0.5, 0.6) is 5.75 Å². The van der Waals surface area contributed by atoms with Gasteiger partial charge in [-0.25, -0.2) is 9.97 Å². The number of aromatic nitrogens is 2. The minimum atomic E-state index is 0.0454. The number of nitrogens with zero attached hydrogens (tertiary/aromatic N) is 2. The minimum Gasteiger partial charge on any atom is -0.485 e. The van der Waals surface area contributed by atoms with Crippen LogP contribution >= 0.6 is 0 Å². The van der Waals surface area contributed by atoms with E-state index in [9.17, 15) is 0 Å². The second kappa shape index (κ2) is 5.60. The van der Waals surface area contributed by atoms with E-state index in [-0.39, 0.29) is 6.61 Å². The summed E-state index contributed by atoms with van der Waals surface area (Å²) >= 11 is 0. The minimum absolute atomic E-state index is 0.0454. The number of rotatable bonds is 4. The zero-order valence-electron chi connectivity index (χ0n) is 10.6. The highest BCUT2D eigenvalue weighted by molar-refractivity contribution is 5.43. The third-order valence-electron chi connectivity index (χ3n) is 2.67. The second-order valence-corrected chi connectivity index (χ2v) is 4.17. The summed E-state index contributed by atoms with van der Waals surface area (Å²) in [6.45, 7) is 4.32. The molecule has 2 rings (SSSR count). The smallest absolute Gasteiger partial charge is 0.166 e. The summed E-state index contributed by atoms with van der Waals surface area (Å²) in [5, 5.41) is 9.12. The molecule has 4 heteroatoms. The van der Waals surface area contributed by atoms with E-state index in [1.165, 1.54) is 0 Å². The molecule has 0 aliphatic rings. The number of hydrogen-bond donors (Lipinski definition) is 1. The van der Waals surface area contributed by atoms with Gasteiger partial charge in [0.05, 0.1) is 6.61 Å². The van der Waals surface area contributed by atoms with Crippen LogP contribution in [-0.4, -0.2) is 15.1 Å². The first kappa shape index (κ1) is 12.5. The second-order valence-electron chi connectivity index (χ2n) is 4.17. The fourth-order valence-corrected chi connectivity index (χ4v) is 1.90. The number of aryl methyl sites for hydroxylation is 2. The molecule has 0 atom stereocenters. The van der Waals surface area contributed by atoms with Gasteiger partial charge in [-0.3, -0.25) is 0 Å². The zero-order valence-corrected chi connectivity index (χ0v) is 10.6. The van der Waals surface area contributed by atoms with Crippen LogP contribution in [0.25, 0.3) is 0 Å². The maximum atomic E-state index is 9.12. The monoisotopic (exact) mass is 244 g/mol. The number of aliphatic hydroxyl groups excluding tert-OH is 1. The van der Waals surface area contributed by atoms with Crippen molar-refractivity contribution in [2.45, 2.75) is 27.1 Å². The highest BCUT2D eigenvalue weighted by atomic mass is 16.5. The molecule has 1 heterocycles. The number of aliphatic hydroxyl groups is 1. The summed E-state index contributed by atoms with van der Waals surface area (Å²) in [4.78, 5) is 8.22. The molecule has 2 aromatic rings. The van der Waals surface area contributed by atoms with Crippen molar-refractivity contribution < 1.29 is 9.84 Å². The van der Waals surface area contributed by atoms with Crippen molar-refractivity contribution in [2.75, 3.05) is 0 Å². The van der Waals surface area contributed by atoms with Gasteiger partial charge < -0.3 is 9.84 Å². The Hall–Kier alpha value is -1.94. The molecule has 0 radical (unpaired) electrons. The van der Waals surface area contributed by atoms with Crippen molar-refractivity contribution in [3.63, 3.8) is 0 Å². The predicted molar refractivity (Wildman–Crippen MR) is 68.2 cm³/mol. The van der Waals surface area contributed by atoms with Crippen molar-refractivity contribution in [1.82, 2.24) is 9.97 Å². The number of ether oxygens (including phenoxy) is 1. The molecule has 0 aliphatic carbocycles. The average Bonchev–Trinajstić information content (AvgIpc) is 2.38. The number of hydrogen-bond acceptors (Lipinski definition) is 4. The van der Waals surface area contributed by atoms with E-state index in [0.717, 1.165) is 22.4 Å². The molecule has 0 fully saturated rings. The highest BCUT2D eigenvalue weighted by Crippen LogP contribution is 2.25. The lowest BCUT2D eigenvalue weighted by Crippen LogP contribution is -2.03. The molecular formula is C14H16N2O2. The first-order valence-corrected chi connectivity index (χ1v) is 5.80. The van der Waals surface area contributed by atoms with Crippen LogP contribution in [0.3, 0.4) is 0 Å². The van der Waals surface area contributed by atoms with Crippen molar-refractivity contribution in [3.8, 4) is 5.75 Å². The van der Waals surface area contributed by atoms with Crippen molar-refractivity contribution >= 4 is 0 Å². The molecule has 0 saturated carbocycles. The van der Waals surface area contributed by atoms with Gasteiger partial charge in [0.25, 0.3) is 0 Å². The van der Waals surface area contributed by atoms with Crippen molar-refractivity contribution in [3.05, 3.63) is 53.1 Å². The van der Waals surface area contributed by atoms with Crippen LogP contribution in [0.4, 0.5) is 0 Å². The standard InChI is InChI=1S/C14H16N2O2/c1-10-6-12(8-17)7-11(2)14(10)18-9-13-15-4-3-5-16-13/h3-7,17H,8-9H2,1-2H3. The largest absolute Gasteiger partial charge is 0.485 e. The predicted octanol–water partition coefficient (Wildman–Crippen LogP) is 2.16. The van der Waals surface area contributed by atoms with Gasteiger partial charge in [-0.1, -0.05) is 12.1 Å². The summed E-state index contributed by atoms with van der Waals surface area (Å²) in [6, 6.07) is 5.62. The van der Waals surface area contributed by atoms with Crippen molar-refractivity contribution in [1.29, 1.82) is 0 Å². The average molecular weight is 244 g/mol. The van der Waals surface area contributed by atoms with Crippen LogP contribution in [0.2, 0.25) is 0 Å². The molecule has 1 aromatic heterocycles. The van der Waals surface area contributed by atoms with E-state index >= 15 is 0 Å². The Morgan fingerprint density at radius 2 is 1.72 bits per heavy atom. The Morgan fingerprint density at radius 3 is 2.28 bits per heavy atom. The van der Waals surface area contributed by atoms with Gasteiger partial charge in [0.1, 0.15) is 12.4 Å². The van der Waals surface area contributed by atoms with Gasteiger partial charge in [-0.05, 0) is 36.6 Å². The molecule has 0 bridgehead atoms. The topological polar surface area (TPSA) is 55.2 Å². The van der Waals surface area contributed by atoms with E-state index in [1.54, 1.807) is 18.5 Å². The summed E-state index contributed by atoms with van der Waals surface area (Å²) in [6.07, 6.45) is 3.39. The van der Waals surface area contributed by atoms with Crippen LogP contribution in [0, 0.1) is 13.8 Å². The molecule has 4 nitrogen and oxygen atoms in total. The Morgan fingerprint density at radius 1 is 1.11 bits per heavy atom. The van der Waals surface area contributed by atoms with Gasteiger partial charge in [0, 0.05) is 12.4 Å². The Bertz CT molecular complexity index is 504. The normalized spacial score (nSPS) is 10.4. The summed E-state index contributed by atoms with van der Waals surface area (Å²) < 4.78 is 5.75. The van der Waals surface area contributed by atoms with E-state index in [2.05, 4.69) is 9.97 Å². The van der Waals surface area contributed by atoms with Crippen LogP contribution in [0.1, 0.15) is 22.5 Å². The lowest BCUT2D eigenvalue weighted by Gasteiger charge is -2.12. The zero-order chi connectivity index (χ0) is 13.0. The lowest BCUT2D eigenvalue weighted by atomic mass is 10.1. The van der Waals surface area contributed by atoms with E-state index < -0.39 is 0 Å². The highest BCUT2D eigenvalue weighted by Gasteiger charge is 2.07. The van der Waals surface area contributed by atoms with E-state index in [0.29, 0.717) is 12.4 Å². The summed E-state index contributed by atoms with van der Waals surface area (Å²) in [5.41, 5.74) is 2.92. The third-order valence-corrected chi connectivity index (χ3v) is 2.67. The lowest BCUT2D eigenvalue weighted by molar-refractivity contribution is 0.279. The SMILES string of the molecule is Cc1cc(CO)cc(C)c1OCc1ncccn1. The quantitative estimate of drug-likeness (QED) is 0.895. The van der Waals surface area contributed by atoms with Gasteiger partial charge in [-0.2, -0.15) is 0 Å². The van der Waals surface area contributed by atoms with Crippen LogP contribution in [-0.2, 0) is 13.2 Å². The third kappa shape index (κ3) is 2.84. The van der Waals surface area contributed by atoms with Gasteiger partial charge >= 0.3 is 0 Å². The Labute approximate surface area is 106 Å². The molecule has 0 saturated heterocycles. The molecular weight excluding hydrogens is 228 g/mol. The van der Waals surface area contributed by atoms with Crippen LogP contribution in [0.15, 0.2) is 30.6 Å². The van der Waals surface area contributed by atoms with Gasteiger partial charge in [0.2, 0.25) is 0 Å². The molecule has 94 valence electrons. The molecule has 0 aliphatic heterocycles. The Balaban J connectivity index is 2.15. The molecule has 1 aromatic carbocycles. The van der Waals surface area contributed by atoms with Crippen LogP contribution < -0.4 is 4.74 Å². The molecule has 1 N–H and O–H groups in total. The fraction of sp³-hybridized carbons (Fsp3) is 0.286.